The number of carbonyl (C=O) groups is 1. The predicted molar refractivity (Wildman–Crippen MR) is 78.2 cm³/mol. The summed E-state index contributed by atoms with van der Waals surface area (Å²) in [4.78, 5) is 11.7. The number of nitrogens with zero attached hydrogens (tertiary/aromatic N) is 3. The van der Waals surface area contributed by atoms with Crippen LogP contribution in [-0.4, -0.2) is 20.9 Å². The Balaban J connectivity index is 1.99. The van der Waals surface area contributed by atoms with Crippen molar-refractivity contribution in [3.63, 3.8) is 0 Å². The number of carbonyl (C=O) groups excluding carboxylic acids is 1. The van der Waals surface area contributed by atoms with Crippen LogP contribution in [0.5, 0.6) is 0 Å². The lowest BCUT2D eigenvalue weighted by molar-refractivity contribution is -0.118. The third-order valence-electron chi connectivity index (χ3n) is 2.94. The van der Waals surface area contributed by atoms with E-state index in [0.717, 1.165) is 17.1 Å². The molecule has 0 saturated heterocycles. The summed E-state index contributed by atoms with van der Waals surface area (Å²) >= 11 is 0. The molecule has 1 amide bonds. The number of hydrogen-bond acceptors (Lipinski definition) is 4. The fourth-order valence-corrected chi connectivity index (χ4v) is 1.66. The van der Waals surface area contributed by atoms with E-state index in [-0.39, 0.29) is 11.8 Å². The number of amides is 1. The molecular formula is C14H19N5O. The lowest BCUT2D eigenvalue weighted by atomic mass is 10.2. The molecule has 0 saturated carbocycles. The zero-order valence-corrected chi connectivity index (χ0v) is 11.9. The first kappa shape index (κ1) is 14.0. The summed E-state index contributed by atoms with van der Waals surface area (Å²) in [5, 5.41) is 13.9. The van der Waals surface area contributed by atoms with Gasteiger partial charge in [-0.3, -0.25) is 9.48 Å². The van der Waals surface area contributed by atoms with Gasteiger partial charge in [0.25, 0.3) is 0 Å². The van der Waals surface area contributed by atoms with Crippen LogP contribution < -0.4 is 10.6 Å². The summed E-state index contributed by atoms with van der Waals surface area (Å²) in [6.07, 6.45) is 1.72. The van der Waals surface area contributed by atoms with Crippen LogP contribution >= 0.6 is 0 Å². The maximum Gasteiger partial charge on any atom is 0.226 e. The van der Waals surface area contributed by atoms with Crippen molar-refractivity contribution in [3.05, 3.63) is 36.2 Å². The van der Waals surface area contributed by atoms with Crippen molar-refractivity contribution in [3.8, 4) is 0 Å². The van der Waals surface area contributed by atoms with E-state index in [1.807, 2.05) is 45.2 Å². The molecule has 2 rings (SSSR count). The predicted octanol–water partition coefficient (Wildman–Crippen LogP) is 2.02. The number of aromatic nitrogens is 3. The van der Waals surface area contributed by atoms with Crippen LogP contribution in [0.4, 0.5) is 11.4 Å². The second-order valence-electron chi connectivity index (χ2n) is 4.93. The number of aryl methyl sites for hydroxylation is 1. The summed E-state index contributed by atoms with van der Waals surface area (Å²) in [6, 6.07) is 7.63. The fraction of sp³-hybridized carbons (Fsp3) is 0.357. The molecule has 2 aromatic rings. The molecule has 0 fully saturated rings. The topological polar surface area (TPSA) is 71.8 Å². The summed E-state index contributed by atoms with van der Waals surface area (Å²) in [5.41, 5.74) is 2.71. The third-order valence-corrected chi connectivity index (χ3v) is 2.94. The molecule has 20 heavy (non-hydrogen) atoms. The van der Waals surface area contributed by atoms with Crippen LogP contribution in [0.25, 0.3) is 0 Å². The summed E-state index contributed by atoms with van der Waals surface area (Å²) in [5.74, 6) is -0.0230. The van der Waals surface area contributed by atoms with E-state index in [1.54, 1.807) is 10.9 Å². The first-order valence-corrected chi connectivity index (χ1v) is 6.54. The number of benzene rings is 1. The standard InChI is InChI=1S/C14H19N5O/c1-10(2)14(20)17-12-6-4-5-11(7-12)15-8-13-9-16-18-19(13)3/h4-7,9-10,15H,8H2,1-3H3,(H,17,20). The molecule has 6 heteroatoms. The third kappa shape index (κ3) is 3.57. The van der Waals surface area contributed by atoms with E-state index in [9.17, 15) is 4.79 Å². The first-order valence-electron chi connectivity index (χ1n) is 6.54. The highest BCUT2D eigenvalue weighted by Gasteiger charge is 2.07. The van der Waals surface area contributed by atoms with Crippen molar-refractivity contribution in [1.29, 1.82) is 0 Å². The van der Waals surface area contributed by atoms with E-state index in [4.69, 9.17) is 0 Å². The van der Waals surface area contributed by atoms with Crippen LogP contribution in [0, 0.1) is 5.92 Å². The Morgan fingerprint density at radius 1 is 1.35 bits per heavy atom. The molecule has 1 heterocycles. The minimum Gasteiger partial charge on any atom is -0.379 e. The monoisotopic (exact) mass is 273 g/mol. The smallest absolute Gasteiger partial charge is 0.226 e. The van der Waals surface area contributed by atoms with Crippen molar-refractivity contribution in [2.24, 2.45) is 13.0 Å². The van der Waals surface area contributed by atoms with Crippen LogP contribution in [0.3, 0.4) is 0 Å². The second-order valence-corrected chi connectivity index (χ2v) is 4.93. The SMILES string of the molecule is CC(C)C(=O)Nc1cccc(NCc2cnnn2C)c1. The van der Waals surface area contributed by atoms with Gasteiger partial charge in [0.1, 0.15) is 0 Å². The van der Waals surface area contributed by atoms with E-state index >= 15 is 0 Å². The molecule has 0 spiro atoms. The fourth-order valence-electron chi connectivity index (χ4n) is 1.66. The molecule has 0 radical (unpaired) electrons. The van der Waals surface area contributed by atoms with Crippen molar-refractivity contribution in [2.75, 3.05) is 10.6 Å². The summed E-state index contributed by atoms with van der Waals surface area (Å²) in [7, 11) is 1.85. The van der Waals surface area contributed by atoms with Crippen molar-refractivity contribution in [2.45, 2.75) is 20.4 Å². The van der Waals surface area contributed by atoms with Crippen LogP contribution in [-0.2, 0) is 18.4 Å². The van der Waals surface area contributed by atoms with Crippen molar-refractivity contribution >= 4 is 17.3 Å². The van der Waals surface area contributed by atoms with Gasteiger partial charge in [0.05, 0.1) is 18.4 Å². The molecule has 106 valence electrons. The van der Waals surface area contributed by atoms with Gasteiger partial charge in [-0.2, -0.15) is 0 Å². The highest BCUT2D eigenvalue weighted by molar-refractivity contribution is 5.92. The molecule has 0 aliphatic rings. The Bertz CT molecular complexity index is 591. The molecule has 0 bridgehead atoms. The summed E-state index contributed by atoms with van der Waals surface area (Å²) in [6.45, 7) is 4.37. The number of nitrogens with one attached hydrogen (secondary N) is 2. The molecule has 0 unspecified atom stereocenters. The number of anilines is 2. The van der Waals surface area contributed by atoms with E-state index in [1.165, 1.54) is 0 Å². The van der Waals surface area contributed by atoms with E-state index < -0.39 is 0 Å². The molecule has 0 atom stereocenters. The number of rotatable bonds is 5. The van der Waals surface area contributed by atoms with Gasteiger partial charge in [-0.15, -0.1) is 5.10 Å². The molecular weight excluding hydrogens is 254 g/mol. The van der Waals surface area contributed by atoms with Crippen LogP contribution in [0.1, 0.15) is 19.5 Å². The zero-order chi connectivity index (χ0) is 14.5. The molecule has 0 aliphatic carbocycles. The quantitative estimate of drug-likeness (QED) is 0.874. The average molecular weight is 273 g/mol. The molecule has 1 aromatic carbocycles. The van der Waals surface area contributed by atoms with Gasteiger partial charge < -0.3 is 10.6 Å². The van der Waals surface area contributed by atoms with Crippen molar-refractivity contribution < 1.29 is 4.79 Å². The Labute approximate surface area is 118 Å². The van der Waals surface area contributed by atoms with Gasteiger partial charge in [-0.05, 0) is 18.2 Å². The van der Waals surface area contributed by atoms with Gasteiger partial charge in [0.15, 0.2) is 0 Å². The maximum atomic E-state index is 11.7. The van der Waals surface area contributed by atoms with Gasteiger partial charge in [-0.1, -0.05) is 25.1 Å². The van der Waals surface area contributed by atoms with E-state index in [2.05, 4.69) is 20.9 Å². The zero-order valence-electron chi connectivity index (χ0n) is 11.9. The Morgan fingerprint density at radius 2 is 2.10 bits per heavy atom. The van der Waals surface area contributed by atoms with E-state index in [0.29, 0.717) is 6.54 Å². The largest absolute Gasteiger partial charge is 0.379 e. The van der Waals surface area contributed by atoms with Gasteiger partial charge in [0.2, 0.25) is 5.91 Å². The molecule has 2 N–H and O–H groups in total. The highest BCUT2D eigenvalue weighted by Crippen LogP contribution is 2.16. The van der Waals surface area contributed by atoms with Gasteiger partial charge >= 0.3 is 0 Å². The van der Waals surface area contributed by atoms with Crippen LogP contribution in [0.15, 0.2) is 30.5 Å². The normalized spacial score (nSPS) is 10.6. The molecule has 0 aliphatic heterocycles. The molecule has 6 nitrogen and oxygen atoms in total. The van der Waals surface area contributed by atoms with Crippen LogP contribution in [0.2, 0.25) is 0 Å². The first-order chi connectivity index (χ1) is 9.56. The lowest BCUT2D eigenvalue weighted by Gasteiger charge is -2.10. The second kappa shape index (κ2) is 6.18. The molecule has 1 aromatic heterocycles. The minimum absolute atomic E-state index is 0.0120. The Morgan fingerprint density at radius 3 is 2.75 bits per heavy atom. The highest BCUT2D eigenvalue weighted by atomic mass is 16.1. The van der Waals surface area contributed by atoms with Crippen molar-refractivity contribution in [1.82, 2.24) is 15.0 Å². The average Bonchev–Trinajstić information content (AvgIpc) is 2.82. The van der Waals surface area contributed by atoms with Gasteiger partial charge in [0, 0.05) is 24.3 Å². The minimum atomic E-state index is -0.0351. The summed E-state index contributed by atoms with van der Waals surface area (Å²) < 4.78 is 1.72. The maximum absolute atomic E-state index is 11.7. The lowest BCUT2D eigenvalue weighted by Crippen LogP contribution is -2.17. The Hall–Kier alpha value is -2.37. The van der Waals surface area contributed by atoms with Gasteiger partial charge in [-0.25, -0.2) is 0 Å². The Kier molecular flexibility index (Phi) is 4.34. The number of hydrogen-bond donors (Lipinski definition) is 2.